The highest BCUT2D eigenvalue weighted by atomic mass is 35.5. The van der Waals surface area contributed by atoms with Gasteiger partial charge >= 0.3 is 0 Å². The lowest BCUT2D eigenvalue weighted by Gasteiger charge is -2.12. The summed E-state index contributed by atoms with van der Waals surface area (Å²) in [5.41, 5.74) is 1.18. The summed E-state index contributed by atoms with van der Waals surface area (Å²) in [5.74, 6) is 1.61. The first-order chi connectivity index (χ1) is 10.7. The molecule has 0 unspecified atom stereocenters. The highest BCUT2D eigenvalue weighted by molar-refractivity contribution is 5.85. The van der Waals surface area contributed by atoms with Crippen LogP contribution in [-0.4, -0.2) is 52.3 Å². The summed E-state index contributed by atoms with van der Waals surface area (Å²) in [6, 6.07) is 6.05. The van der Waals surface area contributed by atoms with Gasteiger partial charge in [-0.1, -0.05) is 12.1 Å². The van der Waals surface area contributed by atoms with Gasteiger partial charge in [-0.05, 0) is 57.6 Å². The molecule has 132 valence electrons. The van der Waals surface area contributed by atoms with E-state index in [1.165, 1.54) is 5.56 Å². The second kappa shape index (κ2) is 13.2. The third-order valence-electron chi connectivity index (χ3n) is 3.35. The van der Waals surface area contributed by atoms with E-state index in [0.717, 1.165) is 50.4 Å². The number of methoxy groups -OCH3 is 1. The minimum absolute atomic E-state index is 0. The van der Waals surface area contributed by atoms with Crippen molar-refractivity contribution in [2.75, 3.05) is 47.4 Å². The fraction of sp³-hybridized carbons (Fsp3) is 0.556. The van der Waals surface area contributed by atoms with Gasteiger partial charge in [-0.15, -0.1) is 19.0 Å². The topological polar surface area (TPSA) is 33.7 Å². The van der Waals surface area contributed by atoms with Crippen LogP contribution in [0, 0.1) is 0 Å². The minimum atomic E-state index is 0. The van der Waals surface area contributed by atoms with Crippen molar-refractivity contribution in [3.63, 3.8) is 0 Å². The van der Waals surface area contributed by atoms with Crippen LogP contribution < -0.4 is 14.8 Å². The predicted molar refractivity (Wildman–Crippen MR) is 100 cm³/mol. The van der Waals surface area contributed by atoms with Gasteiger partial charge < -0.3 is 19.7 Å². The molecule has 4 nitrogen and oxygen atoms in total. The molecule has 0 amide bonds. The molecule has 0 saturated carbocycles. The number of allylic oxidation sites excluding steroid dienone is 1. The molecule has 1 rings (SSSR count). The van der Waals surface area contributed by atoms with Crippen molar-refractivity contribution in [3.05, 3.63) is 36.4 Å². The Morgan fingerprint density at radius 1 is 1.17 bits per heavy atom. The number of unbranched alkanes of at least 4 members (excludes halogenated alkanes) is 1. The zero-order chi connectivity index (χ0) is 16.2. The van der Waals surface area contributed by atoms with Crippen molar-refractivity contribution in [1.29, 1.82) is 0 Å². The van der Waals surface area contributed by atoms with Crippen LogP contribution in [0.25, 0.3) is 0 Å². The molecule has 0 spiro atoms. The molecule has 1 aromatic carbocycles. The number of likely N-dealkylation sites (N-methyl/N-ethyl adjacent to an activating group) is 1. The molecule has 0 atom stereocenters. The molecule has 0 aromatic heterocycles. The summed E-state index contributed by atoms with van der Waals surface area (Å²) in [5, 5.41) is 3.43. The summed E-state index contributed by atoms with van der Waals surface area (Å²) in [6.45, 7) is 7.61. The number of halogens is 1. The van der Waals surface area contributed by atoms with Gasteiger partial charge in [0.2, 0.25) is 0 Å². The van der Waals surface area contributed by atoms with Crippen molar-refractivity contribution in [2.24, 2.45) is 0 Å². The van der Waals surface area contributed by atoms with Crippen molar-refractivity contribution in [1.82, 2.24) is 10.2 Å². The van der Waals surface area contributed by atoms with Crippen molar-refractivity contribution >= 4 is 12.4 Å². The molecule has 0 aliphatic carbocycles. The van der Waals surface area contributed by atoms with E-state index in [0.29, 0.717) is 6.61 Å². The summed E-state index contributed by atoms with van der Waals surface area (Å²) in [4.78, 5) is 2.18. The molecule has 1 N–H and O–H groups in total. The zero-order valence-corrected chi connectivity index (χ0v) is 15.5. The van der Waals surface area contributed by atoms with Crippen molar-refractivity contribution < 1.29 is 9.47 Å². The number of nitrogens with zero attached hydrogens (tertiary/aromatic N) is 1. The number of ether oxygens (including phenoxy) is 2. The van der Waals surface area contributed by atoms with Gasteiger partial charge in [-0.3, -0.25) is 0 Å². The highest BCUT2D eigenvalue weighted by Crippen LogP contribution is 2.28. The van der Waals surface area contributed by atoms with Crippen LogP contribution >= 0.6 is 12.4 Å². The predicted octanol–water partition coefficient (Wildman–Crippen LogP) is 3.16. The van der Waals surface area contributed by atoms with Gasteiger partial charge in [0.05, 0.1) is 13.7 Å². The SMILES string of the molecule is C=CCc1ccc(OCCCCNCCN(C)C)c(OC)c1.Cl. The first-order valence-corrected chi connectivity index (χ1v) is 7.93. The van der Waals surface area contributed by atoms with Crippen LogP contribution in [0.15, 0.2) is 30.9 Å². The van der Waals surface area contributed by atoms with Crippen LogP contribution in [0.2, 0.25) is 0 Å². The van der Waals surface area contributed by atoms with Gasteiger partial charge in [-0.2, -0.15) is 0 Å². The van der Waals surface area contributed by atoms with E-state index in [2.05, 4.69) is 37.0 Å². The third-order valence-corrected chi connectivity index (χ3v) is 3.35. The van der Waals surface area contributed by atoms with E-state index in [-0.39, 0.29) is 12.4 Å². The Hall–Kier alpha value is -1.23. The van der Waals surface area contributed by atoms with Gasteiger partial charge in [0.15, 0.2) is 11.5 Å². The normalized spacial score (nSPS) is 10.3. The maximum absolute atomic E-state index is 5.82. The van der Waals surface area contributed by atoms with Crippen LogP contribution in [0.4, 0.5) is 0 Å². The number of hydrogen-bond donors (Lipinski definition) is 1. The number of nitrogens with one attached hydrogen (secondary N) is 1. The number of benzene rings is 1. The molecule has 0 aliphatic rings. The van der Waals surface area contributed by atoms with E-state index >= 15 is 0 Å². The van der Waals surface area contributed by atoms with Gasteiger partial charge in [0.1, 0.15) is 0 Å². The Morgan fingerprint density at radius 2 is 1.96 bits per heavy atom. The monoisotopic (exact) mass is 342 g/mol. The van der Waals surface area contributed by atoms with Gasteiger partial charge in [0.25, 0.3) is 0 Å². The summed E-state index contributed by atoms with van der Waals surface area (Å²) in [6.07, 6.45) is 4.88. The molecule has 0 heterocycles. The van der Waals surface area contributed by atoms with E-state index in [4.69, 9.17) is 9.47 Å². The van der Waals surface area contributed by atoms with E-state index in [1.54, 1.807) is 7.11 Å². The summed E-state index contributed by atoms with van der Waals surface area (Å²) < 4.78 is 11.2. The van der Waals surface area contributed by atoms with E-state index < -0.39 is 0 Å². The molecule has 0 fully saturated rings. The maximum Gasteiger partial charge on any atom is 0.161 e. The molecular formula is C18H31ClN2O2. The molecule has 0 bridgehead atoms. The Labute approximate surface area is 147 Å². The standard InChI is InChI=1S/C18H30N2O2.ClH/c1-5-8-16-9-10-17(18(15-16)21-4)22-14-7-6-11-19-12-13-20(2)3;/h5,9-10,15,19H,1,6-8,11-14H2,2-4H3;1H. The molecule has 0 saturated heterocycles. The third kappa shape index (κ3) is 9.49. The lowest BCUT2D eigenvalue weighted by atomic mass is 10.1. The molecule has 5 heteroatoms. The Morgan fingerprint density at radius 3 is 2.61 bits per heavy atom. The average Bonchev–Trinajstić information content (AvgIpc) is 2.50. The van der Waals surface area contributed by atoms with Crippen LogP contribution in [0.5, 0.6) is 11.5 Å². The second-order valence-corrected chi connectivity index (χ2v) is 5.59. The molecular weight excluding hydrogens is 312 g/mol. The first-order valence-electron chi connectivity index (χ1n) is 7.93. The van der Waals surface area contributed by atoms with Gasteiger partial charge in [-0.25, -0.2) is 0 Å². The van der Waals surface area contributed by atoms with Crippen molar-refractivity contribution in [2.45, 2.75) is 19.3 Å². The lowest BCUT2D eigenvalue weighted by Crippen LogP contribution is -2.27. The fourth-order valence-electron chi connectivity index (χ4n) is 2.09. The summed E-state index contributed by atoms with van der Waals surface area (Å²) in [7, 11) is 5.85. The Balaban J connectivity index is 0.00000484. The first kappa shape index (κ1) is 21.8. The number of hydrogen-bond acceptors (Lipinski definition) is 4. The van der Waals surface area contributed by atoms with Crippen LogP contribution in [-0.2, 0) is 6.42 Å². The molecule has 0 aliphatic heterocycles. The van der Waals surface area contributed by atoms with E-state index in [9.17, 15) is 0 Å². The van der Waals surface area contributed by atoms with E-state index in [1.807, 2.05) is 18.2 Å². The maximum atomic E-state index is 5.82. The Kier molecular flexibility index (Phi) is 12.5. The minimum Gasteiger partial charge on any atom is -0.493 e. The van der Waals surface area contributed by atoms with Crippen LogP contribution in [0.3, 0.4) is 0 Å². The smallest absolute Gasteiger partial charge is 0.161 e. The van der Waals surface area contributed by atoms with Crippen LogP contribution in [0.1, 0.15) is 18.4 Å². The van der Waals surface area contributed by atoms with Gasteiger partial charge in [0, 0.05) is 13.1 Å². The molecule has 1 aromatic rings. The quantitative estimate of drug-likeness (QED) is 0.467. The Bertz CT molecular complexity index is 439. The average molecular weight is 343 g/mol. The molecule has 23 heavy (non-hydrogen) atoms. The largest absolute Gasteiger partial charge is 0.493 e. The number of rotatable bonds is 12. The molecule has 0 radical (unpaired) electrons. The second-order valence-electron chi connectivity index (χ2n) is 5.59. The highest BCUT2D eigenvalue weighted by Gasteiger charge is 2.05. The zero-order valence-electron chi connectivity index (χ0n) is 14.6. The van der Waals surface area contributed by atoms with Crippen molar-refractivity contribution in [3.8, 4) is 11.5 Å². The summed E-state index contributed by atoms with van der Waals surface area (Å²) >= 11 is 0. The fourth-order valence-corrected chi connectivity index (χ4v) is 2.09. The lowest BCUT2D eigenvalue weighted by molar-refractivity contribution is 0.285.